The third kappa shape index (κ3) is 5.43. The summed E-state index contributed by atoms with van der Waals surface area (Å²) in [6.45, 7) is 2.50. The Balaban J connectivity index is 1.41. The molecule has 0 aliphatic carbocycles. The molecule has 0 fully saturated rings. The molecule has 1 amide bonds. The number of thioether (sulfide) groups is 1. The number of methoxy groups -OCH3 is 1. The zero-order chi connectivity index (χ0) is 23.2. The van der Waals surface area contributed by atoms with Gasteiger partial charge in [0.2, 0.25) is 5.91 Å². The second-order valence-electron chi connectivity index (χ2n) is 7.60. The van der Waals surface area contributed by atoms with Crippen molar-refractivity contribution in [2.75, 3.05) is 12.9 Å². The Labute approximate surface area is 195 Å². The van der Waals surface area contributed by atoms with Crippen molar-refractivity contribution in [1.82, 2.24) is 25.1 Å². The van der Waals surface area contributed by atoms with Gasteiger partial charge in [0.25, 0.3) is 0 Å². The monoisotopic (exact) mass is 463 g/mol. The van der Waals surface area contributed by atoms with Crippen LogP contribution in [0.25, 0.3) is 10.9 Å². The summed E-state index contributed by atoms with van der Waals surface area (Å²) in [7, 11) is 1.32. The fraction of sp³-hybridized carbons (Fsp3) is 0.250. The largest absolute Gasteiger partial charge is 0.467 e. The van der Waals surface area contributed by atoms with E-state index in [0.29, 0.717) is 18.1 Å². The van der Waals surface area contributed by atoms with Gasteiger partial charge in [-0.25, -0.2) is 4.79 Å². The van der Waals surface area contributed by atoms with Crippen molar-refractivity contribution in [2.24, 2.45) is 0 Å². The Morgan fingerprint density at radius 1 is 1.12 bits per heavy atom. The van der Waals surface area contributed by atoms with Crippen molar-refractivity contribution in [3.05, 3.63) is 77.7 Å². The number of esters is 1. The highest BCUT2D eigenvalue weighted by atomic mass is 32.2. The minimum Gasteiger partial charge on any atom is -0.467 e. The van der Waals surface area contributed by atoms with Crippen LogP contribution in [0.1, 0.15) is 17.0 Å². The first-order chi connectivity index (χ1) is 16.0. The second-order valence-corrected chi connectivity index (χ2v) is 8.54. The predicted molar refractivity (Wildman–Crippen MR) is 127 cm³/mol. The van der Waals surface area contributed by atoms with E-state index in [-0.39, 0.29) is 11.7 Å². The molecule has 4 rings (SSSR count). The molecule has 2 aromatic carbocycles. The topological polar surface area (TPSA) is 102 Å². The first-order valence-corrected chi connectivity index (χ1v) is 11.5. The number of benzene rings is 2. The average molecular weight is 464 g/mol. The third-order valence-electron chi connectivity index (χ3n) is 5.34. The number of nitrogens with one attached hydrogen (secondary N) is 2. The predicted octanol–water partition coefficient (Wildman–Crippen LogP) is 3.11. The van der Waals surface area contributed by atoms with Gasteiger partial charge in [0.05, 0.1) is 19.4 Å². The maximum absolute atomic E-state index is 12.7. The van der Waals surface area contributed by atoms with E-state index in [2.05, 4.69) is 20.5 Å². The van der Waals surface area contributed by atoms with Gasteiger partial charge >= 0.3 is 5.97 Å². The lowest BCUT2D eigenvalue weighted by Crippen LogP contribution is -2.43. The lowest BCUT2D eigenvalue weighted by atomic mass is 10.0. The van der Waals surface area contributed by atoms with Gasteiger partial charge < -0.3 is 19.6 Å². The number of aromatic nitrogens is 4. The van der Waals surface area contributed by atoms with E-state index in [9.17, 15) is 9.59 Å². The minimum absolute atomic E-state index is 0.105. The van der Waals surface area contributed by atoms with Crippen LogP contribution >= 0.6 is 11.8 Å². The van der Waals surface area contributed by atoms with Crippen LogP contribution in [-0.2, 0) is 27.3 Å². The SMILES string of the molecule is COC(=O)[C@@H](Cc1c[nH]c2ccccc12)NC(=O)CSc1nnc(C)n1Cc1ccccc1. The normalized spacial score (nSPS) is 11.9. The van der Waals surface area contributed by atoms with E-state index in [0.717, 1.165) is 27.9 Å². The Kier molecular flexibility index (Phi) is 7.09. The van der Waals surface area contributed by atoms with Crippen LogP contribution in [-0.4, -0.2) is 50.5 Å². The van der Waals surface area contributed by atoms with Gasteiger partial charge in [-0.2, -0.15) is 0 Å². The molecule has 1 atom stereocenters. The van der Waals surface area contributed by atoms with E-state index in [4.69, 9.17) is 4.74 Å². The second kappa shape index (κ2) is 10.4. The van der Waals surface area contributed by atoms with Crippen LogP contribution in [0.3, 0.4) is 0 Å². The van der Waals surface area contributed by atoms with Crippen LogP contribution in [0.5, 0.6) is 0 Å². The number of para-hydroxylation sites is 1. The van der Waals surface area contributed by atoms with E-state index in [1.54, 1.807) is 0 Å². The molecule has 0 aliphatic heterocycles. The number of ether oxygens (including phenoxy) is 1. The summed E-state index contributed by atoms with van der Waals surface area (Å²) in [5.41, 5.74) is 3.04. The third-order valence-corrected chi connectivity index (χ3v) is 6.30. The Bertz CT molecular complexity index is 1250. The zero-order valence-electron chi connectivity index (χ0n) is 18.4. The first kappa shape index (κ1) is 22.6. The van der Waals surface area contributed by atoms with Gasteiger partial charge in [-0.05, 0) is 24.1 Å². The molecule has 0 radical (unpaired) electrons. The maximum atomic E-state index is 12.7. The molecule has 2 N–H and O–H groups in total. The van der Waals surface area contributed by atoms with Crippen LogP contribution in [0, 0.1) is 6.92 Å². The molecule has 0 spiro atoms. The number of carbonyl (C=O) groups excluding carboxylic acids is 2. The highest BCUT2D eigenvalue weighted by Crippen LogP contribution is 2.21. The zero-order valence-corrected chi connectivity index (χ0v) is 19.3. The standard InChI is InChI=1S/C24H25N5O3S/c1-16-27-28-24(29(16)14-17-8-4-3-5-9-17)33-15-22(30)26-21(23(31)32-2)12-18-13-25-20-11-7-6-10-19(18)20/h3-11,13,21,25H,12,14-15H2,1-2H3,(H,26,30)/t21-/m1/s1. The molecule has 170 valence electrons. The lowest BCUT2D eigenvalue weighted by molar-refractivity contribution is -0.144. The summed E-state index contributed by atoms with van der Waals surface area (Å²) in [4.78, 5) is 28.3. The van der Waals surface area contributed by atoms with Gasteiger partial charge in [-0.3, -0.25) is 4.79 Å². The van der Waals surface area contributed by atoms with Crippen molar-refractivity contribution in [1.29, 1.82) is 0 Å². The van der Waals surface area contributed by atoms with Crippen LogP contribution in [0.4, 0.5) is 0 Å². The Hall–Kier alpha value is -3.59. The number of nitrogens with zero attached hydrogens (tertiary/aromatic N) is 3. The summed E-state index contributed by atoms with van der Waals surface area (Å²) < 4.78 is 6.90. The molecule has 0 saturated carbocycles. The van der Waals surface area contributed by atoms with Crippen molar-refractivity contribution < 1.29 is 14.3 Å². The number of aryl methyl sites for hydroxylation is 1. The highest BCUT2D eigenvalue weighted by Gasteiger charge is 2.24. The number of hydrogen-bond donors (Lipinski definition) is 2. The summed E-state index contributed by atoms with van der Waals surface area (Å²) in [6, 6.07) is 17.0. The fourth-order valence-corrected chi connectivity index (χ4v) is 4.43. The molecule has 0 aliphatic rings. The molecule has 33 heavy (non-hydrogen) atoms. The van der Waals surface area contributed by atoms with Gasteiger partial charge in [-0.15, -0.1) is 10.2 Å². The summed E-state index contributed by atoms with van der Waals surface area (Å²) in [5.74, 6) is 0.117. The Morgan fingerprint density at radius 2 is 1.88 bits per heavy atom. The number of fused-ring (bicyclic) bond motifs is 1. The molecule has 0 bridgehead atoms. The molecule has 4 aromatic rings. The molecular formula is C24H25N5O3S. The van der Waals surface area contributed by atoms with Gasteiger partial charge in [0, 0.05) is 23.5 Å². The van der Waals surface area contributed by atoms with E-state index in [1.165, 1.54) is 18.9 Å². The van der Waals surface area contributed by atoms with Crippen LogP contribution in [0.2, 0.25) is 0 Å². The molecule has 2 aromatic heterocycles. The van der Waals surface area contributed by atoms with Crippen molar-refractivity contribution in [3.8, 4) is 0 Å². The number of H-pyrrole nitrogens is 1. The first-order valence-electron chi connectivity index (χ1n) is 10.5. The molecular weight excluding hydrogens is 438 g/mol. The molecule has 0 unspecified atom stereocenters. The van der Waals surface area contributed by atoms with Crippen molar-refractivity contribution >= 4 is 34.5 Å². The molecule has 0 saturated heterocycles. The number of hydrogen-bond acceptors (Lipinski definition) is 6. The smallest absolute Gasteiger partial charge is 0.328 e. The van der Waals surface area contributed by atoms with E-state index >= 15 is 0 Å². The van der Waals surface area contributed by atoms with Crippen molar-refractivity contribution in [3.63, 3.8) is 0 Å². The van der Waals surface area contributed by atoms with E-state index < -0.39 is 12.0 Å². The number of aromatic amines is 1. The molecule has 9 heteroatoms. The number of carbonyl (C=O) groups is 2. The highest BCUT2D eigenvalue weighted by molar-refractivity contribution is 7.99. The van der Waals surface area contributed by atoms with Gasteiger partial charge in [0.1, 0.15) is 11.9 Å². The Morgan fingerprint density at radius 3 is 2.67 bits per heavy atom. The molecule has 2 heterocycles. The average Bonchev–Trinajstić information content (AvgIpc) is 3.41. The lowest BCUT2D eigenvalue weighted by Gasteiger charge is -2.16. The maximum Gasteiger partial charge on any atom is 0.328 e. The van der Waals surface area contributed by atoms with Gasteiger partial charge in [-0.1, -0.05) is 60.3 Å². The quantitative estimate of drug-likeness (QED) is 0.292. The number of rotatable bonds is 9. The van der Waals surface area contributed by atoms with E-state index in [1.807, 2.05) is 72.3 Å². The molecule has 8 nitrogen and oxygen atoms in total. The van der Waals surface area contributed by atoms with Crippen molar-refractivity contribution in [2.45, 2.75) is 31.1 Å². The number of amides is 1. The fourth-order valence-electron chi connectivity index (χ4n) is 3.64. The minimum atomic E-state index is -0.786. The summed E-state index contributed by atoms with van der Waals surface area (Å²) in [6.07, 6.45) is 2.19. The van der Waals surface area contributed by atoms with Crippen LogP contribution in [0.15, 0.2) is 66.0 Å². The van der Waals surface area contributed by atoms with Gasteiger partial charge in [0.15, 0.2) is 5.16 Å². The van der Waals surface area contributed by atoms with Crippen LogP contribution < -0.4 is 5.32 Å². The summed E-state index contributed by atoms with van der Waals surface area (Å²) in [5, 5.41) is 12.8. The summed E-state index contributed by atoms with van der Waals surface area (Å²) >= 11 is 1.29.